The SMILES string of the molecule is COC1=CC(COc2ccc(C(CN3CCN(C)CC3)C3(O)CCCCC3)cc2Cl)=CCC1. The quantitative estimate of drug-likeness (QED) is 0.574. The number of aliphatic hydroxyl groups is 1. The average molecular weight is 475 g/mol. The first-order valence-corrected chi connectivity index (χ1v) is 12.8. The minimum absolute atomic E-state index is 0.0565. The molecule has 0 aromatic heterocycles. The molecule has 1 aliphatic heterocycles. The molecule has 0 spiro atoms. The van der Waals surface area contributed by atoms with Crippen molar-refractivity contribution in [1.29, 1.82) is 0 Å². The number of allylic oxidation sites excluding steroid dienone is 2. The summed E-state index contributed by atoms with van der Waals surface area (Å²) in [6, 6.07) is 6.11. The van der Waals surface area contributed by atoms with E-state index in [4.69, 9.17) is 21.1 Å². The molecule has 1 aromatic rings. The summed E-state index contributed by atoms with van der Waals surface area (Å²) in [5.41, 5.74) is 1.57. The zero-order chi connectivity index (χ0) is 23.3. The first-order valence-electron chi connectivity index (χ1n) is 12.5. The van der Waals surface area contributed by atoms with Gasteiger partial charge < -0.3 is 24.4 Å². The van der Waals surface area contributed by atoms with Gasteiger partial charge in [0, 0.05) is 45.1 Å². The zero-order valence-corrected chi connectivity index (χ0v) is 20.9. The average Bonchev–Trinajstić information content (AvgIpc) is 2.83. The predicted molar refractivity (Wildman–Crippen MR) is 134 cm³/mol. The Bertz CT molecular complexity index is 855. The van der Waals surface area contributed by atoms with Gasteiger partial charge in [0.25, 0.3) is 0 Å². The van der Waals surface area contributed by atoms with E-state index in [0.717, 1.165) is 88.1 Å². The van der Waals surface area contributed by atoms with Gasteiger partial charge in [-0.2, -0.15) is 0 Å². The fraction of sp³-hybridized carbons (Fsp3) is 0.630. The lowest BCUT2D eigenvalue weighted by molar-refractivity contribution is -0.0337. The molecule has 1 heterocycles. The lowest BCUT2D eigenvalue weighted by Gasteiger charge is -2.43. The molecule has 1 saturated carbocycles. The van der Waals surface area contributed by atoms with E-state index in [-0.39, 0.29) is 5.92 Å². The number of hydrogen-bond donors (Lipinski definition) is 1. The highest BCUT2D eigenvalue weighted by Crippen LogP contribution is 2.42. The normalized spacial score (nSPS) is 22.9. The van der Waals surface area contributed by atoms with Crippen molar-refractivity contribution >= 4 is 11.6 Å². The molecule has 3 aliphatic rings. The van der Waals surface area contributed by atoms with Gasteiger partial charge in [0.1, 0.15) is 12.4 Å². The van der Waals surface area contributed by atoms with E-state index in [1.54, 1.807) is 7.11 Å². The number of hydrogen-bond acceptors (Lipinski definition) is 5. The number of methoxy groups -OCH3 is 1. The molecule has 5 nitrogen and oxygen atoms in total. The fourth-order valence-corrected chi connectivity index (χ4v) is 5.64. The molecular formula is C27H39ClN2O3. The number of nitrogens with zero attached hydrogens (tertiary/aromatic N) is 2. The summed E-state index contributed by atoms with van der Waals surface area (Å²) >= 11 is 6.71. The van der Waals surface area contributed by atoms with Gasteiger partial charge in [0.15, 0.2) is 0 Å². The summed E-state index contributed by atoms with van der Waals surface area (Å²) in [6.07, 6.45) is 11.3. The van der Waals surface area contributed by atoms with Crippen molar-refractivity contribution in [3.8, 4) is 5.75 Å². The van der Waals surface area contributed by atoms with Crippen molar-refractivity contribution < 1.29 is 14.6 Å². The molecule has 6 heteroatoms. The van der Waals surface area contributed by atoms with Crippen LogP contribution in [-0.2, 0) is 4.74 Å². The first kappa shape index (κ1) is 24.6. The van der Waals surface area contributed by atoms with Gasteiger partial charge in [-0.1, -0.05) is 43.0 Å². The van der Waals surface area contributed by atoms with E-state index >= 15 is 0 Å². The van der Waals surface area contributed by atoms with Crippen LogP contribution in [0, 0.1) is 0 Å². The second-order valence-corrected chi connectivity index (χ2v) is 10.3. The summed E-state index contributed by atoms with van der Waals surface area (Å²) < 4.78 is 11.4. The van der Waals surface area contributed by atoms with Crippen LogP contribution in [0.2, 0.25) is 5.02 Å². The molecule has 1 atom stereocenters. The standard InChI is InChI=1S/C27H39ClN2O3/c1-29-13-15-30(16-14-29)19-24(27(31)11-4-3-5-12-27)22-9-10-26(25(28)18-22)33-20-21-7-6-8-23(17-21)32-2/h7,9-10,17-18,24,31H,3-6,8,11-16,19-20H2,1-2H3. The van der Waals surface area contributed by atoms with Gasteiger partial charge in [-0.25, -0.2) is 0 Å². The second kappa shape index (κ2) is 11.3. The molecule has 1 saturated heterocycles. The Morgan fingerprint density at radius 3 is 2.58 bits per heavy atom. The van der Waals surface area contributed by atoms with Crippen molar-refractivity contribution in [2.75, 3.05) is 53.5 Å². The van der Waals surface area contributed by atoms with Crippen LogP contribution < -0.4 is 4.74 Å². The summed E-state index contributed by atoms with van der Waals surface area (Å²) in [7, 11) is 3.89. The summed E-state index contributed by atoms with van der Waals surface area (Å²) in [4.78, 5) is 4.88. The number of likely N-dealkylation sites (N-methyl/N-ethyl adjacent to an activating group) is 1. The Hall–Kier alpha value is -1.53. The third kappa shape index (κ3) is 6.33. The summed E-state index contributed by atoms with van der Waals surface area (Å²) in [5.74, 6) is 1.74. The van der Waals surface area contributed by atoms with Gasteiger partial charge in [0.2, 0.25) is 0 Å². The Kier molecular flexibility index (Phi) is 8.39. The minimum Gasteiger partial charge on any atom is -0.501 e. The van der Waals surface area contributed by atoms with Gasteiger partial charge >= 0.3 is 0 Å². The molecule has 33 heavy (non-hydrogen) atoms. The number of ether oxygens (including phenoxy) is 2. The maximum atomic E-state index is 11.7. The highest BCUT2D eigenvalue weighted by molar-refractivity contribution is 6.32. The van der Waals surface area contributed by atoms with E-state index in [1.165, 1.54) is 6.42 Å². The van der Waals surface area contributed by atoms with Crippen LogP contribution in [0.15, 0.2) is 41.7 Å². The van der Waals surface area contributed by atoms with Crippen molar-refractivity contribution in [1.82, 2.24) is 9.80 Å². The van der Waals surface area contributed by atoms with Crippen LogP contribution in [0.4, 0.5) is 0 Å². The predicted octanol–water partition coefficient (Wildman–Crippen LogP) is 5.00. The van der Waals surface area contributed by atoms with E-state index < -0.39 is 5.60 Å². The number of benzene rings is 1. The van der Waals surface area contributed by atoms with Gasteiger partial charge in [-0.3, -0.25) is 0 Å². The Morgan fingerprint density at radius 1 is 1.12 bits per heavy atom. The van der Waals surface area contributed by atoms with Gasteiger partial charge in [-0.05, 0) is 55.7 Å². The van der Waals surface area contributed by atoms with E-state index in [1.807, 2.05) is 12.1 Å². The monoisotopic (exact) mass is 474 g/mol. The van der Waals surface area contributed by atoms with Crippen molar-refractivity contribution in [3.63, 3.8) is 0 Å². The third-order valence-electron chi connectivity index (χ3n) is 7.56. The van der Waals surface area contributed by atoms with Crippen LogP contribution in [0.3, 0.4) is 0 Å². The fourth-order valence-electron chi connectivity index (χ4n) is 5.40. The molecule has 4 rings (SSSR count). The molecule has 2 fully saturated rings. The largest absolute Gasteiger partial charge is 0.501 e. The Balaban J connectivity index is 1.49. The van der Waals surface area contributed by atoms with Crippen LogP contribution in [-0.4, -0.2) is 74.0 Å². The van der Waals surface area contributed by atoms with Crippen molar-refractivity contribution in [2.45, 2.75) is 56.5 Å². The second-order valence-electron chi connectivity index (χ2n) is 9.93. The Morgan fingerprint density at radius 2 is 1.88 bits per heavy atom. The molecule has 0 amide bonds. The van der Waals surface area contributed by atoms with Crippen LogP contribution in [0.1, 0.15) is 56.4 Å². The maximum absolute atomic E-state index is 11.7. The molecule has 1 unspecified atom stereocenters. The van der Waals surface area contributed by atoms with E-state index in [2.05, 4.69) is 35.1 Å². The smallest absolute Gasteiger partial charge is 0.138 e. The van der Waals surface area contributed by atoms with Crippen LogP contribution in [0.5, 0.6) is 5.75 Å². The molecular weight excluding hydrogens is 436 g/mol. The maximum Gasteiger partial charge on any atom is 0.138 e. The third-order valence-corrected chi connectivity index (χ3v) is 7.86. The number of halogens is 1. The topological polar surface area (TPSA) is 45.2 Å². The van der Waals surface area contributed by atoms with E-state index in [9.17, 15) is 5.11 Å². The van der Waals surface area contributed by atoms with Crippen molar-refractivity contribution in [3.05, 3.63) is 52.3 Å². The minimum atomic E-state index is -0.665. The van der Waals surface area contributed by atoms with Gasteiger partial charge in [-0.15, -0.1) is 0 Å². The highest BCUT2D eigenvalue weighted by Gasteiger charge is 2.40. The molecule has 1 aromatic carbocycles. The highest BCUT2D eigenvalue weighted by atomic mass is 35.5. The molecule has 2 aliphatic carbocycles. The first-order chi connectivity index (χ1) is 16.0. The molecule has 0 bridgehead atoms. The zero-order valence-electron chi connectivity index (χ0n) is 20.2. The lowest BCUT2D eigenvalue weighted by Crippen LogP contribution is -2.50. The molecule has 182 valence electrons. The van der Waals surface area contributed by atoms with Gasteiger partial charge in [0.05, 0.1) is 23.5 Å². The lowest BCUT2D eigenvalue weighted by atomic mass is 9.72. The van der Waals surface area contributed by atoms with Crippen LogP contribution in [0.25, 0.3) is 0 Å². The number of rotatable bonds is 8. The Labute approximate surface area is 204 Å². The van der Waals surface area contributed by atoms with E-state index in [0.29, 0.717) is 17.4 Å². The molecule has 1 N–H and O–H groups in total. The summed E-state index contributed by atoms with van der Waals surface area (Å²) in [6.45, 7) is 5.59. The molecule has 0 radical (unpaired) electrons. The summed E-state index contributed by atoms with van der Waals surface area (Å²) in [5, 5.41) is 12.3. The van der Waals surface area contributed by atoms with Crippen molar-refractivity contribution in [2.24, 2.45) is 0 Å². The van der Waals surface area contributed by atoms with Crippen LogP contribution >= 0.6 is 11.6 Å². The number of piperazine rings is 1.